The van der Waals surface area contributed by atoms with Crippen molar-refractivity contribution in [3.63, 3.8) is 0 Å². The van der Waals surface area contributed by atoms with Crippen molar-refractivity contribution in [2.75, 3.05) is 18.9 Å². The maximum absolute atomic E-state index is 12.1. The molecule has 0 aromatic heterocycles. The Morgan fingerprint density at radius 2 is 2.11 bits per heavy atom. The maximum Gasteiger partial charge on any atom is 0.214 e. The molecule has 5 nitrogen and oxygen atoms in total. The highest BCUT2D eigenvalue weighted by Crippen LogP contribution is 2.15. The van der Waals surface area contributed by atoms with Crippen molar-refractivity contribution in [1.82, 2.24) is 10.0 Å². The highest BCUT2D eigenvalue weighted by molar-refractivity contribution is 7.89. The summed E-state index contributed by atoms with van der Waals surface area (Å²) in [5.74, 6) is 0.107. The van der Waals surface area contributed by atoms with Gasteiger partial charge < -0.3 is 10.1 Å². The first kappa shape index (κ1) is 14.2. The van der Waals surface area contributed by atoms with E-state index in [1.807, 2.05) is 6.92 Å². The highest BCUT2D eigenvalue weighted by atomic mass is 32.2. The van der Waals surface area contributed by atoms with Gasteiger partial charge in [0, 0.05) is 18.7 Å². The molecule has 18 heavy (non-hydrogen) atoms. The molecule has 3 unspecified atom stereocenters. The molecular formula is C12H24N2O3S. The van der Waals surface area contributed by atoms with Gasteiger partial charge in [-0.05, 0) is 45.6 Å². The van der Waals surface area contributed by atoms with Gasteiger partial charge in [0.15, 0.2) is 0 Å². The maximum atomic E-state index is 12.1. The molecule has 2 aliphatic rings. The van der Waals surface area contributed by atoms with Crippen molar-refractivity contribution in [2.24, 2.45) is 0 Å². The quantitative estimate of drug-likeness (QED) is 0.790. The third-order valence-electron chi connectivity index (χ3n) is 3.77. The van der Waals surface area contributed by atoms with E-state index in [4.69, 9.17) is 4.74 Å². The van der Waals surface area contributed by atoms with Crippen LogP contribution in [0, 0.1) is 0 Å². The Kier molecular flexibility index (Phi) is 5.00. The number of rotatable bonds is 4. The molecule has 3 atom stereocenters. The second-order valence-electron chi connectivity index (χ2n) is 5.38. The van der Waals surface area contributed by atoms with Crippen LogP contribution in [0.3, 0.4) is 0 Å². The zero-order valence-electron chi connectivity index (χ0n) is 11.0. The van der Waals surface area contributed by atoms with Crippen molar-refractivity contribution in [3.05, 3.63) is 0 Å². The van der Waals surface area contributed by atoms with E-state index in [1.54, 1.807) is 0 Å². The smallest absolute Gasteiger partial charge is 0.214 e. The van der Waals surface area contributed by atoms with E-state index in [2.05, 4.69) is 10.0 Å². The molecule has 0 spiro atoms. The fourth-order valence-electron chi connectivity index (χ4n) is 2.67. The summed E-state index contributed by atoms with van der Waals surface area (Å²) in [6.07, 6.45) is 4.80. The van der Waals surface area contributed by atoms with Gasteiger partial charge in [0.1, 0.15) is 0 Å². The molecule has 6 heteroatoms. The van der Waals surface area contributed by atoms with Gasteiger partial charge in [-0.1, -0.05) is 0 Å². The molecule has 106 valence electrons. The Labute approximate surface area is 110 Å². The first-order valence-corrected chi connectivity index (χ1v) is 8.57. The normalized spacial score (nSPS) is 34.4. The number of nitrogens with one attached hydrogen (secondary N) is 2. The Bertz CT molecular complexity index is 352. The van der Waals surface area contributed by atoms with Gasteiger partial charge in [0.25, 0.3) is 0 Å². The van der Waals surface area contributed by atoms with E-state index < -0.39 is 10.0 Å². The first-order valence-electron chi connectivity index (χ1n) is 6.92. The molecule has 0 saturated carbocycles. The van der Waals surface area contributed by atoms with Crippen LogP contribution < -0.4 is 10.0 Å². The number of ether oxygens (including phenoxy) is 1. The zero-order chi connectivity index (χ0) is 13.0. The monoisotopic (exact) mass is 276 g/mol. The number of hydrogen-bond acceptors (Lipinski definition) is 4. The van der Waals surface area contributed by atoms with E-state index in [1.165, 1.54) is 0 Å². The Hall–Kier alpha value is -0.170. The van der Waals surface area contributed by atoms with Crippen LogP contribution in [0.2, 0.25) is 0 Å². The summed E-state index contributed by atoms with van der Waals surface area (Å²) in [5.41, 5.74) is 0. The second-order valence-corrected chi connectivity index (χ2v) is 7.18. The first-order chi connectivity index (χ1) is 8.57. The molecule has 0 aromatic rings. The van der Waals surface area contributed by atoms with Crippen molar-refractivity contribution in [3.8, 4) is 0 Å². The van der Waals surface area contributed by atoms with Crippen molar-refractivity contribution < 1.29 is 13.2 Å². The van der Waals surface area contributed by atoms with Gasteiger partial charge >= 0.3 is 0 Å². The number of hydrogen-bond donors (Lipinski definition) is 2. The summed E-state index contributed by atoms with van der Waals surface area (Å²) in [6.45, 7) is 3.70. The van der Waals surface area contributed by atoms with Crippen LogP contribution in [0.15, 0.2) is 0 Å². The van der Waals surface area contributed by atoms with E-state index in [-0.39, 0.29) is 23.9 Å². The predicted octanol–water partition coefficient (Wildman–Crippen LogP) is 0.615. The van der Waals surface area contributed by atoms with E-state index in [0.717, 1.165) is 38.6 Å². The number of piperidine rings is 1. The lowest BCUT2D eigenvalue weighted by Crippen LogP contribution is -2.53. The topological polar surface area (TPSA) is 67.4 Å². The third kappa shape index (κ3) is 4.19. The van der Waals surface area contributed by atoms with Crippen LogP contribution in [-0.2, 0) is 14.8 Å². The third-order valence-corrected chi connectivity index (χ3v) is 5.24. The molecule has 2 rings (SSSR count). The van der Waals surface area contributed by atoms with Crippen LogP contribution in [-0.4, -0.2) is 45.5 Å². The zero-order valence-corrected chi connectivity index (χ0v) is 11.8. The minimum absolute atomic E-state index is 0.0207. The summed E-state index contributed by atoms with van der Waals surface area (Å²) < 4.78 is 32.5. The summed E-state index contributed by atoms with van der Waals surface area (Å²) in [5, 5.41) is 3.30. The highest BCUT2D eigenvalue weighted by Gasteiger charge is 2.28. The average Bonchev–Trinajstić information content (AvgIpc) is 2.32. The molecule has 2 N–H and O–H groups in total. The number of sulfonamides is 1. The van der Waals surface area contributed by atoms with Crippen LogP contribution in [0.25, 0.3) is 0 Å². The SMILES string of the molecule is CC1NCCCC1NS(=O)(=O)CC1CCCCO1. The lowest BCUT2D eigenvalue weighted by molar-refractivity contribution is 0.0303. The minimum Gasteiger partial charge on any atom is -0.377 e. The van der Waals surface area contributed by atoms with Gasteiger partial charge in [-0.25, -0.2) is 13.1 Å². The van der Waals surface area contributed by atoms with Crippen LogP contribution in [0.4, 0.5) is 0 Å². The molecule has 2 heterocycles. The predicted molar refractivity (Wildman–Crippen MR) is 71.0 cm³/mol. The fourth-order valence-corrected chi connectivity index (χ4v) is 4.30. The molecule has 0 radical (unpaired) electrons. The summed E-state index contributed by atoms with van der Waals surface area (Å²) in [7, 11) is -3.23. The largest absolute Gasteiger partial charge is 0.377 e. The van der Waals surface area contributed by atoms with Gasteiger partial charge in [-0.15, -0.1) is 0 Å². The molecule has 2 saturated heterocycles. The molecular weight excluding hydrogens is 252 g/mol. The van der Waals surface area contributed by atoms with Gasteiger partial charge in [-0.2, -0.15) is 0 Å². The molecule has 0 aliphatic carbocycles. The van der Waals surface area contributed by atoms with Crippen LogP contribution in [0.5, 0.6) is 0 Å². The van der Waals surface area contributed by atoms with Gasteiger partial charge in [0.05, 0.1) is 11.9 Å². The lowest BCUT2D eigenvalue weighted by Gasteiger charge is -2.31. The molecule has 2 fully saturated rings. The van der Waals surface area contributed by atoms with Gasteiger partial charge in [-0.3, -0.25) is 0 Å². The van der Waals surface area contributed by atoms with Crippen molar-refractivity contribution in [2.45, 2.75) is 57.2 Å². The Morgan fingerprint density at radius 1 is 1.28 bits per heavy atom. The molecule has 0 bridgehead atoms. The summed E-state index contributed by atoms with van der Waals surface area (Å²) >= 11 is 0. The molecule has 0 amide bonds. The lowest BCUT2D eigenvalue weighted by atomic mass is 10.0. The summed E-state index contributed by atoms with van der Waals surface area (Å²) in [6, 6.07) is 0.230. The van der Waals surface area contributed by atoms with Crippen LogP contribution >= 0.6 is 0 Å². The molecule has 0 aromatic carbocycles. The standard InChI is InChI=1S/C12H24N2O3S/c1-10-12(6-4-7-13-10)14-18(15,16)9-11-5-2-3-8-17-11/h10-14H,2-9H2,1H3. The van der Waals surface area contributed by atoms with Crippen LogP contribution in [0.1, 0.15) is 39.0 Å². The minimum atomic E-state index is -3.23. The van der Waals surface area contributed by atoms with Gasteiger partial charge in [0.2, 0.25) is 10.0 Å². The van der Waals surface area contributed by atoms with E-state index >= 15 is 0 Å². The second kappa shape index (κ2) is 6.32. The molecule has 2 aliphatic heterocycles. The van der Waals surface area contributed by atoms with Crippen molar-refractivity contribution in [1.29, 1.82) is 0 Å². The van der Waals surface area contributed by atoms with Crippen molar-refractivity contribution >= 4 is 10.0 Å². The van der Waals surface area contributed by atoms with E-state index in [0.29, 0.717) is 6.61 Å². The Balaban J connectivity index is 1.85. The average molecular weight is 276 g/mol. The Morgan fingerprint density at radius 3 is 2.78 bits per heavy atom. The van der Waals surface area contributed by atoms with E-state index in [9.17, 15) is 8.42 Å². The summed E-state index contributed by atoms with van der Waals surface area (Å²) in [4.78, 5) is 0. The fraction of sp³-hybridized carbons (Fsp3) is 1.00.